The average molecular weight is 258 g/mol. The van der Waals surface area contributed by atoms with Gasteiger partial charge in [0.25, 0.3) is 0 Å². The highest BCUT2D eigenvalue weighted by Gasteiger charge is 2.15. The highest BCUT2D eigenvalue weighted by atomic mass is 19.1. The number of hydrogen-bond donors (Lipinski definition) is 1. The molecule has 2 rings (SSSR count). The molecule has 100 valence electrons. The summed E-state index contributed by atoms with van der Waals surface area (Å²) in [6, 6.07) is 11.4. The summed E-state index contributed by atoms with van der Waals surface area (Å²) in [5.74, 6) is -0.257. The van der Waals surface area contributed by atoms with Gasteiger partial charge in [0.05, 0.1) is 11.7 Å². The van der Waals surface area contributed by atoms with E-state index in [1.165, 1.54) is 17.2 Å². The van der Waals surface area contributed by atoms with Crippen molar-refractivity contribution in [2.45, 2.75) is 25.8 Å². The zero-order chi connectivity index (χ0) is 13.7. The third-order valence-corrected chi connectivity index (χ3v) is 3.34. The molecule has 1 heterocycles. The van der Waals surface area contributed by atoms with Gasteiger partial charge in [-0.2, -0.15) is 0 Å². The van der Waals surface area contributed by atoms with E-state index in [1.807, 2.05) is 7.05 Å². The van der Waals surface area contributed by atoms with Crippen LogP contribution in [0.3, 0.4) is 0 Å². The van der Waals surface area contributed by atoms with Crippen molar-refractivity contribution in [3.05, 3.63) is 65.2 Å². The fraction of sp³-hybridized carbons (Fsp3) is 0.312. The van der Waals surface area contributed by atoms with E-state index >= 15 is 0 Å². The second-order valence-corrected chi connectivity index (χ2v) is 4.59. The van der Waals surface area contributed by atoms with Gasteiger partial charge in [0, 0.05) is 6.20 Å². The molecular formula is C16H19FN2. The van der Waals surface area contributed by atoms with E-state index in [2.05, 4.69) is 41.5 Å². The Morgan fingerprint density at radius 3 is 2.42 bits per heavy atom. The van der Waals surface area contributed by atoms with Crippen LogP contribution >= 0.6 is 0 Å². The first-order chi connectivity index (χ1) is 9.24. The van der Waals surface area contributed by atoms with Crippen molar-refractivity contribution < 1.29 is 4.39 Å². The molecule has 0 aliphatic rings. The summed E-state index contributed by atoms with van der Waals surface area (Å²) in [5, 5.41) is 3.13. The zero-order valence-corrected chi connectivity index (χ0v) is 11.4. The largest absolute Gasteiger partial charge is 0.311 e. The molecule has 0 bridgehead atoms. The Morgan fingerprint density at radius 1 is 1.16 bits per heavy atom. The summed E-state index contributed by atoms with van der Waals surface area (Å²) >= 11 is 0. The van der Waals surface area contributed by atoms with E-state index in [4.69, 9.17) is 0 Å². The average Bonchev–Trinajstić information content (AvgIpc) is 2.46. The molecule has 0 amide bonds. The van der Waals surface area contributed by atoms with Crippen LogP contribution in [0.1, 0.15) is 29.8 Å². The quantitative estimate of drug-likeness (QED) is 0.890. The Labute approximate surface area is 113 Å². The Morgan fingerprint density at radius 2 is 1.84 bits per heavy atom. The van der Waals surface area contributed by atoms with E-state index in [-0.39, 0.29) is 11.9 Å². The van der Waals surface area contributed by atoms with Crippen molar-refractivity contribution in [3.63, 3.8) is 0 Å². The maximum absolute atomic E-state index is 13.7. The molecule has 2 aromatic rings. The van der Waals surface area contributed by atoms with Gasteiger partial charge in [-0.15, -0.1) is 0 Å². The Kier molecular flexibility index (Phi) is 4.63. The van der Waals surface area contributed by atoms with Crippen LogP contribution in [0.5, 0.6) is 0 Å². The molecule has 1 atom stereocenters. The van der Waals surface area contributed by atoms with Crippen LogP contribution in [0.25, 0.3) is 0 Å². The summed E-state index contributed by atoms with van der Waals surface area (Å²) in [5.41, 5.74) is 2.97. The zero-order valence-electron chi connectivity index (χ0n) is 11.4. The molecule has 1 unspecified atom stereocenters. The summed E-state index contributed by atoms with van der Waals surface area (Å²) < 4.78 is 13.7. The second-order valence-electron chi connectivity index (χ2n) is 4.59. The first kappa shape index (κ1) is 13.7. The Hall–Kier alpha value is -1.74. The molecule has 0 aliphatic carbocycles. The SMILES string of the molecule is CCc1ccc(CC(NC)c2ncccc2F)cc1. The lowest BCUT2D eigenvalue weighted by Gasteiger charge is -2.16. The number of hydrogen-bond acceptors (Lipinski definition) is 2. The number of nitrogens with one attached hydrogen (secondary N) is 1. The molecule has 1 aromatic carbocycles. The minimum absolute atomic E-state index is 0.103. The molecule has 0 radical (unpaired) electrons. The van der Waals surface area contributed by atoms with Crippen LogP contribution in [0.2, 0.25) is 0 Å². The van der Waals surface area contributed by atoms with Gasteiger partial charge < -0.3 is 5.32 Å². The molecule has 0 aliphatic heterocycles. The lowest BCUT2D eigenvalue weighted by Crippen LogP contribution is -2.21. The number of rotatable bonds is 5. The molecule has 0 fully saturated rings. The minimum Gasteiger partial charge on any atom is -0.311 e. The molecule has 19 heavy (non-hydrogen) atoms. The highest BCUT2D eigenvalue weighted by molar-refractivity contribution is 5.25. The van der Waals surface area contributed by atoms with E-state index in [9.17, 15) is 4.39 Å². The van der Waals surface area contributed by atoms with Crippen molar-refractivity contribution in [2.24, 2.45) is 0 Å². The van der Waals surface area contributed by atoms with E-state index in [0.29, 0.717) is 5.69 Å². The predicted octanol–water partition coefficient (Wildman–Crippen LogP) is 3.29. The number of aromatic nitrogens is 1. The summed E-state index contributed by atoms with van der Waals surface area (Å²) in [6.07, 6.45) is 3.39. The van der Waals surface area contributed by atoms with Crippen LogP contribution in [-0.4, -0.2) is 12.0 Å². The predicted molar refractivity (Wildman–Crippen MR) is 75.5 cm³/mol. The lowest BCUT2D eigenvalue weighted by atomic mass is 10.0. The van der Waals surface area contributed by atoms with Crippen molar-refractivity contribution in [3.8, 4) is 0 Å². The van der Waals surface area contributed by atoms with Crippen molar-refractivity contribution in [1.29, 1.82) is 0 Å². The standard InChI is InChI=1S/C16H19FN2/c1-3-12-6-8-13(9-7-12)11-15(18-2)16-14(17)5-4-10-19-16/h4-10,15,18H,3,11H2,1-2H3. The smallest absolute Gasteiger partial charge is 0.146 e. The van der Waals surface area contributed by atoms with Crippen LogP contribution in [0, 0.1) is 5.82 Å². The van der Waals surface area contributed by atoms with Gasteiger partial charge >= 0.3 is 0 Å². The maximum Gasteiger partial charge on any atom is 0.146 e. The van der Waals surface area contributed by atoms with Gasteiger partial charge in [-0.1, -0.05) is 31.2 Å². The lowest BCUT2D eigenvalue weighted by molar-refractivity contribution is 0.517. The number of aryl methyl sites for hydroxylation is 1. The minimum atomic E-state index is -0.257. The third-order valence-electron chi connectivity index (χ3n) is 3.34. The summed E-state index contributed by atoms with van der Waals surface area (Å²) in [6.45, 7) is 2.13. The molecule has 3 heteroatoms. The van der Waals surface area contributed by atoms with Crippen molar-refractivity contribution >= 4 is 0 Å². The maximum atomic E-state index is 13.7. The van der Waals surface area contributed by atoms with Crippen molar-refractivity contribution in [1.82, 2.24) is 10.3 Å². The van der Waals surface area contributed by atoms with Gasteiger partial charge in [0.15, 0.2) is 0 Å². The number of benzene rings is 1. The number of nitrogens with zero attached hydrogens (tertiary/aromatic N) is 1. The van der Waals surface area contributed by atoms with Gasteiger partial charge in [-0.05, 0) is 43.1 Å². The Balaban J connectivity index is 2.17. The number of halogens is 1. The van der Waals surface area contributed by atoms with Crippen LogP contribution in [-0.2, 0) is 12.8 Å². The van der Waals surface area contributed by atoms with Crippen molar-refractivity contribution in [2.75, 3.05) is 7.05 Å². The number of pyridine rings is 1. The number of likely N-dealkylation sites (N-methyl/N-ethyl adjacent to an activating group) is 1. The van der Waals surface area contributed by atoms with Gasteiger partial charge in [-0.3, -0.25) is 4.98 Å². The molecule has 0 saturated carbocycles. The molecule has 2 nitrogen and oxygen atoms in total. The molecule has 0 saturated heterocycles. The van der Waals surface area contributed by atoms with Gasteiger partial charge in [-0.25, -0.2) is 4.39 Å². The fourth-order valence-corrected chi connectivity index (χ4v) is 2.14. The van der Waals surface area contributed by atoms with Crippen LogP contribution in [0.4, 0.5) is 4.39 Å². The normalized spacial score (nSPS) is 12.4. The van der Waals surface area contributed by atoms with Gasteiger partial charge in [0.2, 0.25) is 0 Å². The fourth-order valence-electron chi connectivity index (χ4n) is 2.14. The summed E-state index contributed by atoms with van der Waals surface area (Å²) in [7, 11) is 1.83. The van der Waals surface area contributed by atoms with E-state index in [0.717, 1.165) is 12.8 Å². The topological polar surface area (TPSA) is 24.9 Å². The third kappa shape index (κ3) is 3.38. The van der Waals surface area contributed by atoms with Gasteiger partial charge in [0.1, 0.15) is 5.82 Å². The first-order valence-corrected chi connectivity index (χ1v) is 6.60. The van der Waals surface area contributed by atoms with Crippen LogP contribution < -0.4 is 5.32 Å². The van der Waals surface area contributed by atoms with E-state index < -0.39 is 0 Å². The molecular weight excluding hydrogens is 239 g/mol. The Bertz CT molecular complexity index is 523. The van der Waals surface area contributed by atoms with Crippen LogP contribution in [0.15, 0.2) is 42.6 Å². The molecule has 0 spiro atoms. The summed E-state index contributed by atoms with van der Waals surface area (Å²) in [4.78, 5) is 4.14. The molecule has 1 N–H and O–H groups in total. The highest BCUT2D eigenvalue weighted by Crippen LogP contribution is 2.19. The molecule has 1 aromatic heterocycles. The monoisotopic (exact) mass is 258 g/mol. The van der Waals surface area contributed by atoms with E-state index in [1.54, 1.807) is 12.3 Å². The first-order valence-electron chi connectivity index (χ1n) is 6.60. The second kappa shape index (κ2) is 6.43.